The molecule has 0 amide bonds. The number of nitrogens with zero attached hydrogens (tertiary/aromatic N) is 6. The molecule has 6 heteroatoms. The Hall–Kier alpha value is -2.40. The van der Waals surface area contributed by atoms with Gasteiger partial charge in [0.1, 0.15) is 0 Å². The van der Waals surface area contributed by atoms with E-state index in [4.69, 9.17) is 5.53 Å². The molecule has 1 fully saturated rings. The molecule has 2 heterocycles. The normalized spacial score (nSPS) is 16.8. The van der Waals surface area contributed by atoms with Crippen molar-refractivity contribution in [2.45, 2.75) is 26.4 Å². The van der Waals surface area contributed by atoms with E-state index in [-0.39, 0.29) is 0 Å². The molecule has 26 heavy (non-hydrogen) atoms. The lowest BCUT2D eigenvalue weighted by atomic mass is 10.0. The maximum Gasteiger partial charge on any atom is 0.0411 e. The molecular weight excluding hydrogens is 324 g/mol. The van der Waals surface area contributed by atoms with Crippen LogP contribution in [0.1, 0.15) is 18.1 Å². The number of piperazine rings is 1. The highest BCUT2D eigenvalue weighted by molar-refractivity contribution is 5.63. The fourth-order valence-electron chi connectivity index (χ4n) is 3.41. The largest absolute Gasteiger partial charge is 0.298 e. The van der Waals surface area contributed by atoms with Crippen LogP contribution in [-0.4, -0.2) is 53.5 Å². The third-order valence-corrected chi connectivity index (χ3v) is 5.01. The lowest BCUT2D eigenvalue weighted by Crippen LogP contribution is -2.49. The van der Waals surface area contributed by atoms with Gasteiger partial charge in [0.2, 0.25) is 0 Å². The molecule has 0 aliphatic carbocycles. The van der Waals surface area contributed by atoms with Crippen LogP contribution < -0.4 is 0 Å². The van der Waals surface area contributed by atoms with Crippen LogP contribution >= 0.6 is 0 Å². The first-order valence-electron chi connectivity index (χ1n) is 9.14. The highest BCUT2D eigenvalue weighted by atomic mass is 15.3. The molecule has 2 aromatic rings. The molecule has 3 rings (SSSR count). The molecule has 1 aromatic carbocycles. The summed E-state index contributed by atoms with van der Waals surface area (Å²) in [5.41, 5.74) is 13.3. The summed E-state index contributed by atoms with van der Waals surface area (Å²) >= 11 is 0. The van der Waals surface area contributed by atoms with Crippen LogP contribution in [0.25, 0.3) is 21.6 Å². The number of aromatic nitrogens is 1. The van der Waals surface area contributed by atoms with Gasteiger partial charge >= 0.3 is 0 Å². The van der Waals surface area contributed by atoms with Crippen LogP contribution in [0, 0.1) is 6.92 Å². The molecule has 1 aliphatic rings. The minimum absolute atomic E-state index is 0.315. The summed E-state index contributed by atoms with van der Waals surface area (Å²) in [5.74, 6) is 0. The summed E-state index contributed by atoms with van der Waals surface area (Å²) in [6.45, 7) is 9.86. The maximum atomic E-state index is 8.45. The second-order valence-corrected chi connectivity index (χ2v) is 7.02. The van der Waals surface area contributed by atoms with E-state index in [0.29, 0.717) is 12.6 Å². The average molecular weight is 350 g/mol. The number of hydrogen-bond acceptors (Lipinski definition) is 4. The third-order valence-electron chi connectivity index (χ3n) is 5.01. The van der Waals surface area contributed by atoms with Gasteiger partial charge in [-0.1, -0.05) is 29.4 Å². The number of pyridine rings is 1. The molecule has 0 N–H and O–H groups in total. The summed E-state index contributed by atoms with van der Waals surface area (Å²) in [6, 6.07) is 11.3. The Morgan fingerprint density at radius 3 is 2.50 bits per heavy atom. The Labute approximate surface area is 155 Å². The molecular formula is C20H26N6. The van der Waals surface area contributed by atoms with Gasteiger partial charge in [0, 0.05) is 68.2 Å². The molecule has 6 nitrogen and oxygen atoms in total. The number of hydrogen-bond donors (Lipinski definition) is 0. The van der Waals surface area contributed by atoms with E-state index in [0.717, 1.165) is 32.7 Å². The topological polar surface area (TPSA) is 68.1 Å². The summed E-state index contributed by atoms with van der Waals surface area (Å²) in [7, 11) is 0. The van der Waals surface area contributed by atoms with Crippen molar-refractivity contribution < 1.29 is 0 Å². The fourth-order valence-corrected chi connectivity index (χ4v) is 3.41. The zero-order valence-corrected chi connectivity index (χ0v) is 15.5. The SMILES string of the molecule is Cc1cncc(-c2ccc(CN3CCN(C(C)CN=[N+]=[N-])CC3)cc2)c1. The van der Waals surface area contributed by atoms with Gasteiger partial charge in [-0.15, -0.1) is 0 Å². The van der Waals surface area contributed by atoms with Crippen molar-refractivity contribution in [2.24, 2.45) is 5.11 Å². The standard InChI is InChI=1S/C20H26N6/c1-16-11-20(14-22-12-16)19-5-3-18(4-6-19)15-25-7-9-26(10-8-25)17(2)13-23-24-21/h3-6,11-12,14,17H,7-10,13,15H2,1-2H3. The molecule has 136 valence electrons. The zero-order chi connectivity index (χ0) is 18.4. The van der Waals surface area contributed by atoms with Crippen molar-refractivity contribution >= 4 is 0 Å². The molecule has 1 saturated heterocycles. The Bertz CT molecular complexity index is 758. The summed E-state index contributed by atoms with van der Waals surface area (Å²) < 4.78 is 0. The highest BCUT2D eigenvalue weighted by Crippen LogP contribution is 2.20. The highest BCUT2D eigenvalue weighted by Gasteiger charge is 2.20. The first-order valence-corrected chi connectivity index (χ1v) is 9.14. The first-order chi connectivity index (χ1) is 12.7. The maximum absolute atomic E-state index is 8.45. The summed E-state index contributed by atoms with van der Waals surface area (Å²) in [4.78, 5) is 12.0. The van der Waals surface area contributed by atoms with E-state index in [2.05, 4.69) is 69.0 Å². The van der Waals surface area contributed by atoms with Gasteiger partial charge in [-0.05, 0) is 42.1 Å². The summed E-state index contributed by atoms with van der Waals surface area (Å²) in [6.07, 6.45) is 3.80. The number of azide groups is 1. The second kappa shape index (κ2) is 8.81. The monoisotopic (exact) mass is 350 g/mol. The van der Waals surface area contributed by atoms with Crippen LogP contribution in [0.15, 0.2) is 47.8 Å². The van der Waals surface area contributed by atoms with Crippen molar-refractivity contribution in [3.8, 4) is 11.1 Å². The van der Waals surface area contributed by atoms with Gasteiger partial charge in [0.05, 0.1) is 0 Å². The molecule has 1 unspecified atom stereocenters. The van der Waals surface area contributed by atoms with Gasteiger partial charge < -0.3 is 0 Å². The number of rotatable bonds is 6. The Kier molecular flexibility index (Phi) is 6.23. The van der Waals surface area contributed by atoms with Crippen molar-refractivity contribution in [3.63, 3.8) is 0 Å². The smallest absolute Gasteiger partial charge is 0.0411 e. The lowest BCUT2D eigenvalue weighted by molar-refractivity contribution is 0.101. The molecule has 1 aromatic heterocycles. The van der Waals surface area contributed by atoms with E-state index in [9.17, 15) is 0 Å². The van der Waals surface area contributed by atoms with Gasteiger partial charge in [-0.25, -0.2) is 0 Å². The van der Waals surface area contributed by atoms with Gasteiger partial charge in [0.15, 0.2) is 0 Å². The van der Waals surface area contributed by atoms with Crippen LogP contribution in [0.5, 0.6) is 0 Å². The Morgan fingerprint density at radius 2 is 1.85 bits per heavy atom. The van der Waals surface area contributed by atoms with Crippen LogP contribution in [0.2, 0.25) is 0 Å². The molecule has 0 spiro atoms. The number of benzene rings is 1. The molecule has 0 saturated carbocycles. The van der Waals surface area contributed by atoms with E-state index < -0.39 is 0 Å². The van der Waals surface area contributed by atoms with E-state index >= 15 is 0 Å². The van der Waals surface area contributed by atoms with Crippen molar-refractivity contribution in [3.05, 3.63) is 64.3 Å². The van der Waals surface area contributed by atoms with Gasteiger partial charge in [-0.3, -0.25) is 14.8 Å². The van der Waals surface area contributed by atoms with Crippen molar-refractivity contribution in [2.75, 3.05) is 32.7 Å². The minimum Gasteiger partial charge on any atom is -0.298 e. The van der Waals surface area contributed by atoms with Gasteiger partial charge in [0.25, 0.3) is 0 Å². The van der Waals surface area contributed by atoms with Gasteiger partial charge in [-0.2, -0.15) is 0 Å². The molecule has 1 aliphatic heterocycles. The zero-order valence-electron chi connectivity index (χ0n) is 15.5. The third kappa shape index (κ3) is 4.82. The van der Waals surface area contributed by atoms with Crippen LogP contribution in [0.3, 0.4) is 0 Å². The quantitative estimate of drug-likeness (QED) is 0.451. The molecule has 0 bridgehead atoms. The lowest BCUT2D eigenvalue weighted by Gasteiger charge is -2.37. The van der Waals surface area contributed by atoms with E-state index in [1.165, 1.54) is 22.3 Å². The van der Waals surface area contributed by atoms with Crippen molar-refractivity contribution in [1.29, 1.82) is 0 Å². The average Bonchev–Trinajstić information content (AvgIpc) is 2.67. The van der Waals surface area contributed by atoms with E-state index in [1.807, 2.05) is 12.4 Å². The second-order valence-electron chi connectivity index (χ2n) is 7.02. The Morgan fingerprint density at radius 1 is 1.12 bits per heavy atom. The molecule has 1 atom stereocenters. The van der Waals surface area contributed by atoms with Crippen LogP contribution in [-0.2, 0) is 6.54 Å². The predicted molar refractivity (Wildman–Crippen MR) is 105 cm³/mol. The molecule has 0 radical (unpaired) electrons. The number of aryl methyl sites for hydroxylation is 1. The Balaban J connectivity index is 1.53. The first kappa shape index (κ1) is 18.4. The van der Waals surface area contributed by atoms with Crippen molar-refractivity contribution in [1.82, 2.24) is 14.8 Å². The fraction of sp³-hybridized carbons (Fsp3) is 0.450. The van der Waals surface area contributed by atoms with Crippen LogP contribution in [0.4, 0.5) is 0 Å². The summed E-state index contributed by atoms with van der Waals surface area (Å²) in [5, 5.41) is 3.69. The minimum atomic E-state index is 0.315. The predicted octanol–water partition coefficient (Wildman–Crippen LogP) is 3.87. The van der Waals surface area contributed by atoms with E-state index in [1.54, 1.807) is 0 Å².